The van der Waals surface area contributed by atoms with Gasteiger partial charge in [0.1, 0.15) is 11.6 Å². The molecule has 5 heteroatoms. The Morgan fingerprint density at radius 3 is 2.90 bits per heavy atom. The molecule has 2 aromatic rings. The van der Waals surface area contributed by atoms with Crippen molar-refractivity contribution in [2.24, 2.45) is 0 Å². The van der Waals surface area contributed by atoms with E-state index >= 15 is 0 Å². The van der Waals surface area contributed by atoms with Crippen LogP contribution in [-0.2, 0) is 13.0 Å². The van der Waals surface area contributed by atoms with Crippen LogP contribution >= 0.6 is 11.6 Å². The third kappa shape index (κ3) is 3.32. The van der Waals surface area contributed by atoms with Crippen LogP contribution in [0.1, 0.15) is 29.9 Å². The Morgan fingerprint density at radius 2 is 2.15 bits per heavy atom. The van der Waals surface area contributed by atoms with Crippen molar-refractivity contribution in [3.8, 4) is 0 Å². The maximum absolute atomic E-state index is 13.7. The van der Waals surface area contributed by atoms with Crippen molar-refractivity contribution in [1.29, 1.82) is 0 Å². The highest BCUT2D eigenvalue weighted by Crippen LogP contribution is 2.21. The van der Waals surface area contributed by atoms with Crippen LogP contribution in [0.2, 0.25) is 5.02 Å². The normalized spacial score (nSPS) is 14.5. The van der Waals surface area contributed by atoms with Crippen LogP contribution in [0, 0.1) is 5.82 Å². The molecule has 20 heavy (non-hydrogen) atoms. The van der Waals surface area contributed by atoms with Gasteiger partial charge in [0.15, 0.2) is 0 Å². The van der Waals surface area contributed by atoms with E-state index in [1.807, 2.05) is 6.07 Å². The van der Waals surface area contributed by atoms with Crippen molar-refractivity contribution < 1.29 is 4.39 Å². The average Bonchev–Trinajstić information content (AvgIpc) is 3.26. The first-order valence-electron chi connectivity index (χ1n) is 6.69. The summed E-state index contributed by atoms with van der Waals surface area (Å²) < 4.78 is 13.7. The highest BCUT2D eigenvalue weighted by Gasteiger charge is 2.20. The fraction of sp³-hybridized carbons (Fsp3) is 0.333. The number of rotatable bonds is 5. The number of hydrogen-bond acceptors (Lipinski definition) is 3. The fourth-order valence-electron chi connectivity index (χ4n) is 2.02. The lowest BCUT2D eigenvalue weighted by Gasteiger charge is -2.07. The van der Waals surface area contributed by atoms with Gasteiger partial charge in [0.2, 0.25) is 0 Å². The molecule has 104 valence electrons. The molecule has 0 bridgehead atoms. The summed E-state index contributed by atoms with van der Waals surface area (Å²) in [6.45, 7) is 0.727. The lowest BCUT2D eigenvalue weighted by Crippen LogP contribution is -2.17. The molecule has 3 rings (SSSR count). The van der Waals surface area contributed by atoms with E-state index in [2.05, 4.69) is 15.3 Å². The Bertz CT molecular complexity index is 594. The summed E-state index contributed by atoms with van der Waals surface area (Å²) in [5, 5.41) is 3.81. The highest BCUT2D eigenvalue weighted by molar-refractivity contribution is 6.31. The molecule has 1 heterocycles. The Morgan fingerprint density at radius 1 is 1.30 bits per heavy atom. The van der Waals surface area contributed by atoms with Gasteiger partial charge in [-0.1, -0.05) is 17.7 Å². The van der Waals surface area contributed by atoms with E-state index < -0.39 is 0 Å². The number of nitrogens with zero attached hydrogens (tertiary/aromatic N) is 2. The topological polar surface area (TPSA) is 37.8 Å². The molecule has 0 unspecified atom stereocenters. The molecule has 0 radical (unpaired) electrons. The van der Waals surface area contributed by atoms with Gasteiger partial charge in [0, 0.05) is 35.8 Å². The Balaban J connectivity index is 1.74. The minimum atomic E-state index is -0.317. The van der Waals surface area contributed by atoms with E-state index in [4.69, 9.17) is 11.6 Å². The molecule has 0 spiro atoms. The van der Waals surface area contributed by atoms with Crippen molar-refractivity contribution in [1.82, 2.24) is 15.3 Å². The molecule has 3 nitrogen and oxygen atoms in total. The first-order chi connectivity index (χ1) is 9.72. The number of halogens is 2. The fourth-order valence-corrected chi connectivity index (χ4v) is 2.25. The van der Waals surface area contributed by atoms with Gasteiger partial charge < -0.3 is 5.32 Å². The summed E-state index contributed by atoms with van der Waals surface area (Å²) in [4.78, 5) is 8.65. The van der Waals surface area contributed by atoms with Gasteiger partial charge in [0.25, 0.3) is 0 Å². The minimum Gasteiger partial charge on any atom is -0.308 e. The van der Waals surface area contributed by atoms with Crippen LogP contribution in [0.25, 0.3) is 0 Å². The molecule has 1 aromatic carbocycles. The van der Waals surface area contributed by atoms with Crippen LogP contribution in [0.5, 0.6) is 0 Å². The zero-order chi connectivity index (χ0) is 13.9. The zero-order valence-electron chi connectivity index (χ0n) is 10.9. The maximum atomic E-state index is 13.7. The first-order valence-corrected chi connectivity index (χ1v) is 7.07. The molecule has 0 atom stereocenters. The molecule has 1 aliphatic rings. The summed E-state index contributed by atoms with van der Waals surface area (Å²) in [7, 11) is 0. The van der Waals surface area contributed by atoms with Crippen LogP contribution in [-0.4, -0.2) is 16.0 Å². The quantitative estimate of drug-likeness (QED) is 0.920. The van der Waals surface area contributed by atoms with Gasteiger partial charge in [-0.05, 0) is 31.0 Å². The molecule has 1 aromatic heterocycles. The molecule has 1 aliphatic carbocycles. The van der Waals surface area contributed by atoms with E-state index in [0.29, 0.717) is 28.9 Å². The lowest BCUT2D eigenvalue weighted by atomic mass is 10.1. The summed E-state index contributed by atoms with van der Waals surface area (Å²) >= 11 is 6.02. The Hall–Kier alpha value is -1.52. The SMILES string of the molecule is Fc1cccc(Cl)c1Cc1nccc(CNC2CC2)n1. The lowest BCUT2D eigenvalue weighted by molar-refractivity contribution is 0.611. The van der Waals surface area contributed by atoms with E-state index in [9.17, 15) is 4.39 Å². The molecule has 0 amide bonds. The molecule has 1 saturated carbocycles. The second-order valence-electron chi connectivity index (χ2n) is 5.00. The van der Waals surface area contributed by atoms with Crippen molar-refractivity contribution in [2.75, 3.05) is 0 Å². The third-order valence-corrected chi connectivity index (χ3v) is 3.66. The number of nitrogens with one attached hydrogen (secondary N) is 1. The van der Waals surface area contributed by atoms with Gasteiger partial charge in [-0.25, -0.2) is 14.4 Å². The Kier molecular flexibility index (Phi) is 3.94. The van der Waals surface area contributed by atoms with E-state index in [1.54, 1.807) is 18.3 Å². The monoisotopic (exact) mass is 291 g/mol. The third-order valence-electron chi connectivity index (χ3n) is 3.31. The van der Waals surface area contributed by atoms with Crippen molar-refractivity contribution >= 4 is 11.6 Å². The predicted octanol–water partition coefficient (Wildman–Crippen LogP) is 3.11. The highest BCUT2D eigenvalue weighted by atomic mass is 35.5. The van der Waals surface area contributed by atoms with Crippen molar-refractivity contribution in [3.05, 3.63) is 58.4 Å². The van der Waals surface area contributed by atoms with Gasteiger partial charge in [0.05, 0.1) is 5.69 Å². The van der Waals surface area contributed by atoms with Crippen molar-refractivity contribution in [2.45, 2.75) is 31.8 Å². The molecule has 0 aliphatic heterocycles. The number of hydrogen-bond donors (Lipinski definition) is 1. The Labute approximate surface area is 122 Å². The van der Waals surface area contributed by atoms with Crippen molar-refractivity contribution in [3.63, 3.8) is 0 Å². The van der Waals surface area contributed by atoms with Gasteiger partial charge in [-0.15, -0.1) is 0 Å². The van der Waals surface area contributed by atoms with Crippen LogP contribution < -0.4 is 5.32 Å². The summed E-state index contributed by atoms with van der Waals surface area (Å²) in [5.41, 5.74) is 1.37. The van der Waals surface area contributed by atoms with E-state index in [-0.39, 0.29) is 5.82 Å². The number of aromatic nitrogens is 2. The van der Waals surface area contributed by atoms with Crippen LogP contribution in [0.15, 0.2) is 30.5 Å². The summed E-state index contributed by atoms with van der Waals surface area (Å²) in [6, 6.07) is 7.19. The number of benzene rings is 1. The molecule has 1 fully saturated rings. The van der Waals surface area contributed by atoms with Gasteiger partial charge in [-0.2, -0.15) is 0 Å². The minimum absolute atomic E-state index is 0.308. The zero-order valence-corrected chi connectivity index (χ0v) is 11.7. The molecule has 1 N–H and O–H groups in total. The second kappa shape index (κ2) is 5.85. The van der Waals surface area contributed by atoms with Crippen LogP contribution in [0.4, 0.5) is 4.39 Å². The summed E-state index contributed by atoms with van der Waals surface area (Å²) in [5.74, 6) is 0.273. The average molecular weight is 292 g/mol. The predicted molar refractivity (Wildman–Crippen MR) is 76.1 cm³/mol. The maximum Gasteiger partial charge on any atom is 0.133 e. The van der Waals surface area contributed by atoms with E-state index in [1.165, 1.54) is 18.9 Å². The molecular formula is C15H15ClFN3. The standard InChI is InChI=1S/C15H15ClFN3/c16-13-2-1-3-14(17)12(13)8-15-18-7-6-11(20-15)9-19-10-4-5-10/h1-3,6-7,10,19H,4-5,8-9H2. The van der Waals surface area contributed by atoms with Crippen LogP contribution in [0.3, 0.4) is 0 Å². The molecular weight excluding hydrogens is 277 g/mol. The van der Waals surface area contributed by atoms with Gasteiger partial charge in [-0.3, -0.25) is 0 Å². The van der Waals surface area contributed by atoms with E-state index in [0.717, 1.165) is 12.2 Å². The molecule has 0 saturated heterocycles. The smallest absolute Gasteiger partial charge is 0.133 e. The summed E-state index contributed by atoms with van der Waals surface area (Å²) in [6.07, 6.45) is 4.50. The van der Waals surface area contributed by atoms with Gasteiger partial charge >= 0.3 is 0 Å². The largest absolute Gasteiger partial charge is 0.308 e. The first kappa shape index (κ1) is 13.5. The second-order valence-corrected chi connectivity index (χ2v) is 5.40.